The van der Waals surface area contributed by atoms with Crippen molar-refractivity contribution < 1.29 is 14.6 Å². The van der Waals surface area contributed by atoms with E-state index < -0.39 is 0 Å². The van der Waals surface area contributed by atoms with Gasteiger partial charge in [-0.2, -0.15) is 0 Å². The summed E-state index contributed by atoms with van der Waals surface area (Å²) in [5.74, 6) is 0.854. The molecule has 0 spiro atoms. The first-order valence-corrected chi connectivity index (χ1v) is 7.16. The minimum atomic E-state index is -0.225. The molecule has 5 nitrogen and oxygen atoms in total. The molecule has 1 saturated carbocycles. The van der Waals surface area contributed by atoms with E-state index in [9.17, 15) is 4.79 Å². The number of hydrogen-bond donors (Lipinski definition) is 3. The topological polar surface area (TPSA) is 70.6 Å². The molecule has 5 heteroatoms. The molecule has 0 bridgehead atoms. The Hall–Kier alpha value is -1.75. The van der Waals surface area contributed by atoms with E-state index in [-0.39, 0.29) is 12.6 Å². The number of carbonyl (C=O) groups is 1. The fourth-order valence-electron chi connectivity index (χ4n) is 1.95. The molecule has 110 valence electrons. The van der Waals surface area contributed by atoms with Gasteiger partial charge in [-0.25, -0.2) is 4.79 Å². The third-order valence-corrected chi connectivity index (χ3v) is 3.38. The lowest BCUT2D eigenvalue weighted by molar-refractivity contribution is 0.119. The van der Waals surface area contributed by atoms with Gasteiger partial charge >= 0.3 is 6.03 Å². The van der Waals surface area contributed by atoms with Crippen molar-refractivity contribution in [2.45, 2.75) is 38.3 Å². The Morgan fingerprint density at radius 3 is 2.80 bits per heavy atom. The minimum absolute atomic E-state index is 0.0817. The van der Waals surface area contributed by atoms with Gasteiger partial charge in [-0.05, 0) is 31.7 Å². The zero-order valence-electron chi connectivity index (χ0n) is 11.6. The molecule has 0 aromatic heterocycles. The second-order valence-electron chi connectivity index (χ2n) is 4.97. The average Bonchev–Trinajstić information content (AvgIpc) is 2.42. The predicted molar refractivity (Wildman–Crippen MR) is 76.7 cm³/mol. The number of aliphatic hydroxyl groups is 1. The molecule has 0 unspecified atom stereocenters. The monoisotopic (exact) mass is 278 g/mol. The molecule has 1 aliphatic rings. The summed E-state index contributed by atoms with van der Waals surface area (Å²) in [5, 5.41) is 14.1. The molecular weight excluding hydrogens is 256 g/mol. The van der Waals surface area contributed by atoms with Crippen LogP contribution in [-0.2, 0) is 6.54 Å². The summed E-state index contributed by atoms with van der Waals surface area (Å²) in [6.45, 7) is 0.995. The number of urea groups is 1. The Morgan fingerprint density at radius 2 is 2.10 bits per heavy atom. The highest BCUT2D eigenvalue weighted by molar-refractivity contribution is 5.73. The predicted octanol–water partition coefficient (Wildman–Crippen LogP) is 1.80. The van der Waals surface area contributed by atoms with Crippen molar-refractivity contribution in [2.75, 3.05) is 13.2 Å². The van der Waals surface area contributed by atoms with Crippen LogP contribution in [-0.4, -0.2) is 30.4 Å². The van der Waals surface area contributed by atoms with E-state index in [1.165, 1.54) is 6.42 Å². The van der Waals surface area contributed by atoms with E-state index in [1.807, 2.05) is 24.3 Å². The maximum atomic E-state index is 11.5. The van der Waals surface area contributed by atoms with Crippen LogP contribution in [0.5, 0.6) is 5.75 Å². The van der Waals surface area contributed by atoms with Crippen molar-refractivity contribution in [3.63, 3.8) is 0 Å². The number of aliphatic hydroxyl groups excluding tert-OH is 1. The van der Waals surface area contributed by atoms with Gasteiger partial charge in [-0.3, -0.25) is 0 Å². The molecule has 0 heterocycles. The highest BCUT2D eigenvalue weighted by atomic mass is 16.5. The molecular formula is C15H22N2O3. The van der Waals surface area contributed by atoms with E-state index in [4.69, 9.17) is 9.84 Å². The van der Waals surface area contributed by atoms with Crippen LogP contribution in [0.25, 0.3) is 0 Å². The van der Waals surface area contributed by atoms with Gasteiger partial charge in [0.25, 0.3) is 0 Å². The van der Waals surface area contributed by atoms with Crippen molar-refractivity contribution in [3.8, 4) is 5.75 Å². The van der Waals surface area contributed by atoms with Gasteiger partial charge in [0.05, 0.1) is 6.10 Å². The quantitative estimate of drug-likeness (QED) is 0.666. The zero-order valence-corrected chi connectivity index (χ0v) is 11.6. The summed E-state index contributed by atoms with van der Waals surface area (Å²) in [5.41, 5.74) is 0.983. The van der Waals surface area contributed by atoms with Crippen LogP contribution in [0.4, 0.5) is 4.79 Å². The van der Waals surface area contributed by atoms with E-state index in [2.05, 4.69) is 10.6 Å². The van der Waals surface area contributed by atoms with Gasteiger partial charge in [0.1, 0.15) is 5.75 Å². The van der Waals surface area contributed by atoms with Crippen LogP contribution in [0.2, 0.25) is 0 Å². The molecule has 0 atom stereocenters. The van der Waals surface area contributed by atoms with Crippen LogP contribution in [0.15, 0.2) is 24.3 Å². The number of benzene rings is 1. The SMILES string of the molecule is O=C(NCCCO)NCc1ccccc1OC1CCC1. The number of para-hydroxylation sites is 1. The van der Waals surface area contributed by atoms with Crippen LogP contribution >= 0.6 is 0 Å². The number of hydrogen-bond acceptors (Lipinski definition) is 3. The molecule has 2 rings (SSSR count). The fourth-order valence-corrected chi connectivity index (χ4v) is 1.95. The first kappa shape index (κ1) is 14.7. The summed E-state index contributed by atoms with van der Waals surface area (Å²) in [6, 6.07) is 7.56. The van der Waals surface area contributed by atoms with Crippen molar-refractivity contribution in [3.05, 3.63) is 29.8 Å². The first-order chi connectivity index (χ1) is 9.79. The molecule has 0 aliphatic heterocycles. The van der Waals surface area contributed by atoms with Crippen molar-refractivity contribution in [1.82, 2.24) is 10.6 Å². The number of amides is 2. The number of ether oxygens (including phenoxy) is 1. The van der Waals surface area contributed by atoms with Crippen LogP contribution < -0.4 is 15.4 Å². The molecule has 2 amide bonds. The fraction of sp³-hybridized carbons (Fsp3) is 0.533. The Morgan fingerprint density at radius 1 is 1.30 bits per heavy atom. The molecule has 20 heavy (non-hydrogen) atoms. The van der Waals surface area contributed by atoms with E-state index in [1.54, 1.807) is 0 Å². The number of carbonyl (C=O) groups excluding carboxylic acids is 1. The molecule has 1 fully saturated rings. The minimum Gasteiger partial charge on any atom is -0.490 e. The second-order valence-corrected chi connectivity index (χ2v) is 4.97. The van der Waals surface area contributed by atoms with Crippen molar-refractivity contribution in [2.24, 2.45) is 0 Å². The smallest absolute Gasteiger partial charge is 0.315 e. The molecule has 3 N–H and O–H groups in total. The average molecular weight is 278 g/mol. The van der Waals surface area contributed by atoms with E-state index in [0.717, 1.165) is 24.2 Å². The summed E-state index contributed by atoms with van der Waals surface area (Å²) in [6.07, 6.45) is 4.36. The van der Waals surface area contributed by atoms with E-state index >= 15 is 0 Å². The van der Waals surface area contributed by atoms with Crippen molar-refractivity contribution in [1.29, 1.82) is 0 Å². The third-order valence-electron chi connectivity index (χ3n) is 3.38. The largest absolute Gasteiger partial charge is 0.490 e. The maximum Gasteiger partial charge on any atom is 0.315 e. The maximum absolute atomic E-state index is 11.5. The Labute approximate surface area is 119 Å². The Kier molecular flexibility index (Phi) is 5.68. The molecule has 1 aromatic carbocycles. The highest BCUT2D eigenvalue weighted by Gasteiger charge is 2.20. The Balaban J connectivity index is 1.80. The summed E-state index contributed by atoms with van der Waals surface area (Å²) < 4.78 is 5.91. The second kappa shape index (κ2) is 7.75. The van der Waals surface area contributed by atoms with Crippen LogP contribution in [0.1, 0.15) is 31.2 Å². The van der Waals surface area contributed by atoms with Crippen LogP contribution in [0, 0.1) is 0 Å². The first-order valence-electron chi connectivity index (χ1n) is 7.16. The lowest BCUT2D eigenvalue weighted by Crippen LogP contribution is -2.36. The van der Waals surface area contributed by atoms with Gasteiger partial charge in [0.15, 0.2) is 0 Å². The lowest BCUT2D eigenvalue weighted by atomic mass is 9.96. The Bertz CT molecular complexity index is 433. The molecule has 0 saturated heterocycles. The lowest BCUT2D eigenvalue weighted by Gasteiger charge is -2.27. The molecule has 0 radical (unpaired) electrons. The number of nitrogens with one attached hydrogen (secondary N) is 2. The van der Waals surface area contributed by atoms with Gasteiger partial charge in [0, 0.05) is 25.3 Å². The normalized spacial score (nSPS) is 14.4. The third kappa shape index (κ3) is 4.42. The standard InChI is InChI=1S/C15H22N2O3/c18-10-4-9-16-15(19)17-11-12-5-1-2-8-14(12)20-13-6-3-7-13/h1-2,5,8,13,18H,3-4,6-7,9-11H2,(H2,16,17,19). The summed E-state index contributed by atoms with van der Waals surface area (Å²) in [4.78, 5) is 11.5. The molecule has 1 aliphatic carbocycles. The highest BCUT2D eigenvalue weighted by Crippen LogP contribution is 2.27. The van der Waals surface area contributed by atoms with E-state index in [0.29, 0.717) is 25.6 Å². The zero-order chi connectivity index (χ0) is 14.2. The number of rotatable bonds is 7. The summed E-state index contributed by atoms with van der Waals surface area (Å²) >= 11 is 0. The van der Waals surface area contributed by atoms with Gasteiger partial charge < -0.3 is 20.5 Å². The van der Waals surface area contributed by atoms with Gasteiger partial charge in [-0.15, -0.1) is 0 Å². The van der Waals surface area contributed by atoms with Crippen molar-refractivity contribution >= 4 is 6.03 Å². The van der Waals surface area contributed by atoms with Crippen LogP contribution in [0.3, 0.4) is 0 Å². The summed E-state index contributed by atoms with van der Waals surface area (Å²) in [7, 11) is 0. The van der Waals surface area contributed by atoms with Gasteiger partial charge in [0.2, 0.25) is 0 Å². The van der Waals surface area contributed by atoms with Gasteiger partial charge in [-0.1, -0.05) is 18.2 Å². The molecule has 1 aromatic rings.